The van der Waals surface area contributed by atoms with E-state index in [2.05, 4.69) is 49.6 Å². The van der Waals surface area contributed by atoms with E-state index in [1.165, 1.54) is 11.1 Å². The number of para-hydroxylation sites is 1. The highest BCUT2D eigenvalue weighted by atomic mass is 16.1. The largest absolute Gasteiger partial charge is 0.376 e. The molecule has 0 saturated heterocycles. The third-order valence-electron chi connectivity index (χ3n) is 2.80. The fourth-order valence-electron chi connectivity index (χ4n) is 1.95. The van der Waals surface area contributed by atoms with Gasteiger partial charge in [0.05, 0.1) is 6.54 Å². The maximum Gasteiger partial charge on any atom is 0.239 e. The Labute approximate surface area is 110 Å². The van der Waals surface area contributed by atoms with Crippen molar-refractivity contribution in [2.24, 2.45) is 0 Å². The minimum absolute atomic E-state index is 0.0305. The van der Waals surface area contributed by atoms with E-state index in [4.69, 9.17) is 0 Å². The second-order valence-corrected chi connectivity index (χ2v) is 5.27. The van der Waals surface area contributed by atoms with Gasteiger partial charge < -0.3 is 10.6 Å². The van der Waals surface area contributed by atoms with Crippen LogP contribution in [-0.4, -0.2) is 18.5 Å². The molecule has 0 saturated carbocycles. The lowest BCUT2D eigenvalue weighted by Crippen LogP contribution is -2.35. The monoisotopic (exact) mass is 248 g/mol. The molecular formula is C15H24N2O. The number of carbonyl (C=O) groups is 1. The Balaban J connectivity index is 2.75. The molecule has 0 atom stereocenters. The molecule has 3 heteroatoms. The molecule has 1 aromatic rings. The molecule has 0 radical (unpaired) electrons. The Hall–Kier alpha value is -1.51. The summed E-state index contributed by atoms with van der Waals surface area (Å²) in [6.07, 6.45) is 0. The lowest BCUT2D eigenvalue weighted by atomic mass is 9.98. The minimum Gasteiger partial charge on any atom is -0.376 e. The first-order valence-corrected chi connectivity index (χ1v) is 6.54. The lowest BCUT2D eigenvalue weighted by molar-refractivity contribution is -0.119. The van der Waals surface area contributed by atoms with Crippen LogP contribution in [0.25, 0.3) is 0 Å². The summed E-state index contributed by atoms with van der Waals surface area (Å²) in [6.45, 7) is 10.6. The van der Waals surface area contributed by atoms with Gasteiger partial charge in [0.25, 0.3) is 0 Å². The van der Waals surface area contributed by atoms with Crippen LogP contribution in [0.3, 0.4) is 0 Å². The van der Waals surface area contributed by atoms with Crippen molar-refractivity contribution in [2.45, 2.75) is 46.6 Å². The molecule has 0 aromatic heterocycles. The highest BCUT2D eigenvalue weighted by molar-refractivity contribution is 5.81. The fraction of sp³-hybridized carbons (Fsp3) is 0.533. The summed E-state index contributed by atoms with van der Waals surface area (Å²) in [5.41, 5.74) is 3.53. The number of amides is 1. The first-order chi connectivity index (χ1) is 8.41. The van der Waals surface area contributed by atoms with Gasteiger partial charge in [0.2, 0.25) is 5.91 Å². The number of rotatable bonds is 5. The highest BCUT2D eigenvalue weighted by Crippen LogP contribution is 2.27. The molecule has 0 aliphatic rings. The van der Waals surface area contributed by atoms with E-state index in [1.807, 2.05) is 13.8 Å². The van der Waals surface area contributed by atoms with Crippen molar-refractivity contribution in [2.75, 3.05) is 11.9 Å². The summed E-state index contributed by atoms with van der Waals surface area (Å²) in [6, 6.07) is 6.42. The van der Waals surface area contributed by atoms with E-state index in [-0.39, 0.29) is 11.9 Å². The molecule has 0 spiro atoms. The van der Waals surface area contributed by atoms with Gasteiger partial charge in [-0.3, -0.25) is 4.79 Å². The molecule has 0 aliphatic carbocycles. The van der Waals surface area contributed by atoms with Crippen LogP contribution in [0.5, 0.6) is 0 Å². The van der Waals surface area contributed by atoms with Gasteiger partial charge in [0.1, 0.15) is 0 Å². The van der Waals surface area contributed by atoms with Gasteiger partial charge in [-0.05, 0) is 37.8 Å². The second kappa shape index (κ2) is 6.43. The zero-order chi connectivity index (χ0) is 13.7. The quantitative estimate of drug-likeness (QED) is 0.841. The van der Waals surface area contributed by atoms with Gasteiger partial charge in [0, 0.05) is 11.7 Å². The molecule has 0 bridgehead atoms. The molecule has 2 N–H and O–H groups in total. The molecule has 1 aromatic carbocycles. The maximum atomic E-state index is 11.6. The number of carbonyl (C=O) groups excluding carboxylic acids is 1. The van der Waals surface area contributed by atoms with Gasteiger partial charge in [-0.15, -0.1) is 0 Å². The van der Waals surface area contributed by atoms with Crippen molar-refractivity contribution in [3.05, 3.63) is 29.3 Å². The number of hydrogen-bond acceptors (Lipinski definition) is 2. The van der Waals surface area contributed by atoms with E-state index >= 15 is 0 Å². The molecule has 18 heavy (non-hydrogen) atoms. The average Bonchev–Trinajstić information content (AvgIpc) is 2.25. The topological polar surface area (TPSA) is 41.1 Å². The Bertz CT molecular complexity index is 411. The molecular weight excluding hydrogens is 224 g/mol. The smallest absolute Gasteiger partial charge is 0.239 e. The van der Waals surface area contributed by atoms with Crippen LogP contribution in [-0.2, 0) is 4.79 Å². The molecule has 100 valence electrons. The average molecular weight is 248 g/mol. The van der Waals surface area contributed by atoms with Gasteiger partial charge in [0.15, 0.2) is 0 Å². The van der Waals surface area contributed by atoms with Crippen LogP contribution >= 0.6 is 0 Å². The predicted octanol–water partition coefficient (Wildman–Crippen LogP) is 3.05. The minimum atomic E-state index is 0.0305. The summed E-state index contributed by atoms with van der Waals surface area (Å²) in [5.74, 6) is 0.475. The third kappa shape index (κ3) is 4.06. The van der Waals surface area contributed by atoms with Crippen molar-refractivity contribution in [3.63, 3.8) is 0 Å². The standard InChI is InChI=1S/C15H24N2O/c1-10(2)13-8-6-7-12(5)15(13)16-9-14(18)17-11(3)4/h6-8,10-11,16H,9H2,1-5H3,(H,17,18). The maximum absolute atomic E-state index is 11.6. The lowest BCUT2D eigenvalue weighted by Gasteiger charge is -2.17. The van der Waals surface area contributed by atoms with Crippen molar-refractivity contribution < 1.29 is 4.79 Å². The number of benzene rings is 1. The number of anilines is 1. The number of aryl methyl sites for hydroxylation is 1. The van der Waals surface area contributed by atoms with Gasteiger partial charge >= 0.3 is 0 Å². The van der Waals surface area contributed by atoms with E-state index in [9.17, 15) is 4.79 Å². The van der Waals surface area contributed by atoms with Crippen LogP contribution < -0.4 is 10.6 Å². The van der Waals surface area contributed by atoms with E-state index in [1.54, 1.807) is 0 Å². The molecule has 1 rings (SSSR count). The molecule has 0 aliphatic heterocycles. The Morgan fingerprint density at radius 3 is 2.44 bits per heavy atom. The highest BCUT2D eigenvalue weighted by Gasteiger charge is 2.10. The Morgan fingerprint density at radius 2 is 1.89 bits per heavy atom. The number of hydrogen-bond donors (Lipinski definition) is 2. The van der Waals surface area contributed by atoms with Crippen molar-refractivity contribution in [1.29, 1.82) is 0 Å². The normalized spacial score (nSPS) is 10.8. The molecule has 1 amide bonds. The van der Waals surface area contributed by atoms with Crippen LogP contribution in [0.1, 0.15) is 44.7 Å². The zero-order valence-electron chi connectivity index (χ0n) is 12.0. The fourth-order valence-corrected chi connectivity index (χ4v) is 1.95. The summed E-state index contributed by atoms with van der Waals surface area (Å²) in [7, 11) is 0. The van der Waals surface area contributed by atoms with Crippen molar-refractivity contribution in [1.82, 2.24) is 5.32 Å². The second-order valence-electron chi connectivity index (χ2n) is 5.27. The van der Waals surface area contributed by atoms with Gasteiger partial charge in [-0.2, -0.15) is 0 Å². The van der Waals surface area contributed by atoms with Gasteiger partial charge in [-0.25, -0.2) is 0 Å². The molecule has 0 heterocycles. The van der Waals surface area contributed by atoms with Crippen molar-refractivity contribution in [3.8, 4) is 0 Å². The Morgan fingerprint density at radius 1 is 1.22 bits per heavy atom. The van der Waals surface area contributed by atoms with E-state index in [0.29, 0.717) is 12.5 Å². The first-order valence-electron chi connectivity index (χ1n) is 6.54. The molecule has 3 nitrogen and oxygen atoms in total. The van der Waals surface area contributed by atoms with Crippen LogP contribution in [0.4, 0.5) is 5.69 Å². The van der Waals surface area contributed by atoms with E-state index < -0.39 is 0 Å². The third-order valence-corrected chi connectivity index (χ3v) is 2.80. The summed E-state index contributed by atoms with van der Waals surface area (Å²) >= 11 is 0. The molecule has 0 fully saturated rings. The van der Waals surface area contributed by atoms with Gasteiger partial charge in [-0.1, -0.05) is 32.0 Å². The Kier molecular flexibility index (Phi) is 5.20. The SMILES string of the molecule is Cc1cccc(C(C)C)c1NCC(=O)NC(C)C. The summed E-state index contributed by atoms with van der Waals surface area (Å²) in [4.78, 5) is 11.6. The van der Waals surface area contributed by atoms with Crippen LogP contribution in [0.2, 0.25) is 0 Å². The summed E-state index contributed by atoms with van der Waals surface area (Å²) in [5, 5.41) is 6.14. The zero-order valence-corrected chi connectivity index (χ0v) is 12.0. The first kappa shape index (κ1) is 14.6. The van der Waals surface area contributed by atoms with Crippen LogP contribution in [0, 0.1) is 6.92 Å². The summed E-state index contributed by atoms with van der Waals surface area (Å²) < 4.78 is 0. The van der Waals surface area contributed by atoms with E-state index in [0.717, 1.165) is 5.69 Å². The predicted molar refractivity (Wildman–Crippen MR) is 77.0 cm³/mol. The molecule has 0 unspecified atom stereocenters. The van der Waals surface area contributed by atoms with Crippen molar-refractivity contribution >= 4 is 11.6 Å². The van der Waals surface area contributed by atoms with Crippen LogP contribution in [0.15, 0.2) is 18.2 Å². The number of nitrogens with one attached hydrogen (secondary N) is 2.